The summed E-state index contributed by atoms with van der Waals surface area (Å²) >= 11 is 0. The molecule has 0 unspecified atom stereocenters. The maximum Gasteiger partial charge on any atom is 0.350 e. The second-order valence-corrected chi connectivity index (χ2v) is 8.07. The van der Waals surface area contributed by atoms with Crippen LogP contribution in [0.1, 0.15) is 54.4 Å². The fourth-order valence-electron chi connectivity index (χ4n) is 2.20. The van der Waals surface area contributed by atoms with Crippen molar-refractivity contribution in [1.82, 2.24) is 5.32 Å². The van der Waals surface area contributed by atoms with Crippen LogP contribution in [0.2, 0.25) is 0 Å². The topological polar surface area (TPSA) is 47.6 Å². The van der Waals surface area contributed by atoms with Gasteiger partial charge >= 0.3 is 7.60 Å². The monoisotopic (exact) mass is 263 g/mol. The molecule has 0 saturated carbocycles. The van der Waals surface area contributed by atoms with Crippen LogP contribution < -0.4 is 5.32 Å². The summed E-state index contributed by atoms with van der Waals surface area (Å²) in [5, 5.41) is 2.81. The Morgan fingerprint density at radius 2 is 1.71 bits per heavy atom. The van der Waals surface area contributed by atoms with Crippen LogP contribution >= 0.6 is 7.60 Å². The van der Waals surface area contributed by atoms with E-state index in [0.29, 0.717) is 6.04 Å². The van der Waals surface area contributed by atoms with Crippen molar-refractivity contribution in [3.05, 3.63) is 0 Å². The van der Waals surface area contributed by atoms with E-state index in [4.69, 9.17) is 9.05 Å². The highest BCUT2D eigenvalue weighted by atomic mass is 31.2. The van der Waals surface area contributed by atoms with Gasteiger partial charge in [0.05, 0.1) is 12.2 Å². The van der Waals surface area contributed by atoms with E-state index in [2.05, 4.69) is 12.2 Å². The summed E-state index contributed by atoms with van der Waals surface area (Å²) in [6.07, 6.45) is 1.62. The molecule has 1 saturated heterocycles. The van der Waals surface area contributed by atoms with Gasteiger partial charge in [0.2, 0.25) is 0 Å². The zero-order valence-electron chi connectivity index (χ0n) is 11.8. The smallest absolute Gasteiger partial charge is 0.305 e. The fraction of sp³-hybridized carbons (Fsp3) is 1.00. The summed E-state index contributed by atoms with van der Waals surface area (Å²) in [7, 11) is -3.14. The van der Waals surface area contributed by atoms with Crippen LogP contribution in [0.3, 0.4) is 0 Å². The quantitative estimate of drug-likeness (QED) is 0.771. The SMILES string of the molecule is CC(C)OP(=O)(OC(C)C)[C@@]1(C)CC[C@@H](C)N1. The molecule has 1 rings (SSSR count). The van der Waals surface area contributed by atoms with Gasteiger partial charge in [0, 0.05) is 6.04 Å². The number of rotatable bonds is 5. The molecule has 0 spiro atoms. The molecule has 1 N–H and O–H groups in total. The normalized spacial score (nSPS) is 30.5. The lowest BCUT2D eigenvalue weighted by molar-refractivity contribution is 0.124. The molecule has 0 bridgehead atoms. The van der Waals surface area contributed by atoms with Gasteiger partial charge in [0.25, 0.3) is 0 Å². The molecule has 0 aromatic rings. The molecular formula is C12H26NO3P. The lowest BCUT2D eigenvalue weighted by atomic mass is 10.2. The van der Waals surface area contributed by atoms with Crippen LogP contribution in [0.25, 0.3) is 0 Å². The highest BCUT2D eigenvalue weighted by Gasteiger charge is 2.51. The Morgan fingerprint density at radius 3 is 2.00 bits per heavy atom. The maximum atomic E-state index is 13.0. The van der Waals surface area contributed by atoms with E-state index in [-0.39, 0.29) is 12.2 Å². The van der Waals surface area contributed by atoms with Crippen molar-refractivity contribution in [2.24, 2.45) is 0 Å². The second kappa shape index (κ2) is 5.40. The molecule has 0 aromatic heterocycles. The molecule has 2 atom stereocenters. The van der Waals surface area contributed by atoms with Crippen LogP contribution in [-0.4, -0.2) is 23.5 Å². The lowest BCUT2D eigenvalue weighted by Crippen LogP contribution is -2.41. The predicted octanol–water partition coefficient (Wildman–Crippen LogP) is 3.52. The molecule has 0 amide bonds. The van der Waals surface area contributed by atoms with Gasteiger partial charge in [-0.05, 0) is 54.4 Å². The first-order chi connectivity index (χ1) is 7.68. The van der Waals surface area contributed by atoms with Gasteiger partial charge in [-0.2, -0.15) is 0 Å². The van der Waals surface area contributed by atoms with Crippen molar-refractivity contribution >= 4 is 7.60 Å². The van der Waals surface area contributed by atoms with E-state index >= 15 is 0 Å². The lowest BCUT2D eigenvalue weighted by Gasteiger charge is -2.35. The van der Waals surface area contributed by atoms with Crippen molar-refractivity contribution in [3.63, 3.8) is 0 Å². The minimum absolute atomic E-state index is 0.103. The summed E-state index contributed by atoms with van der Waals surface area (Å²) in [4.78, 5) is 0. The Kier molecular flexibility index (Phi) is 4.81. The van der Waals surface area contributed by atoms with Gasteiger partial charge in [0.15, 0.2) is 0 Å². The third-order valence-corrected chi connectivity index (χ3v) is 5.89. The highest BCUT2D eigenvalue weighted by Crippen LogP contribution is 2.63. The van der Waals surface area contributed by atoms with E-state index < -0.39 is 12.9 Å². The molecule has 1 fully saturated rings. The molecule has 17 heavy (non-hydrogen) atoms. The molecule has 0 aliphatic carbocycles. The van der Waals surface area contributed by atoms with E-state index in [1.54, 1.807) is 0 Å². The van der Waals surface area contributed by atoms with Gasteiger partial charge in [-0.1, -0.05) is 0 Å². The third-order valence-electron chi connectivity index (χ3n) is 2.93. The fourth-order valence-corrected chi connectivity index (χ4v) is 4.61. The first-order valence-corrected chi connectivity index (χ1v) is 7.97. The van der Waals surface area contributed by atoms with Crippen LogP contribution in [0.4, 0.5) is 0 Å². The zero-order chi connectivity index (χ0) is 13.3. The first kappa shape index (κ1) is 15.2. The molecule has 1 aliphatic heterocycles. The van der Waals surface area contributed by atoms with Crippen molar-refractivity contribution in [3.8, 4) is 0 Å². The van der Waals surface area contributed by atoms with E-state index in [9.17, 15) is 4.57 Å². The predicted molar refractivity (Wildman–Crippen MR) is 70.3 cm³/mol. The standard InChI is InChI=1S/C12H26NO3P/c1-9(2)15-17(14,16-10(3)4)12(6)8-7-11(5)13-12/h9-11,13H,7-8H2,1-6H3/t11-,12+/m1/s1. The van der Waals surface area contributed by atoms with Gasteiger partial charge in [0.1, 0.15) is 5.28 Å². The summed E-state index contributed by atoms with van der Waals surface area (Å²) in [5.74, 6) is 0. The summed E-state index contributed by atoms with van der Waals surface area (Å²) in [6.45, 7) is 11.6. The maximum absolute atomic E-state index is 13.0. The summed E-state index contributed by atoms with van der Waals surface area (Å²) in [6, 6.07) is 0.361. The third kappa shape index (κ3) is 3.54. The van der Waals surface area contributed by atoms with Gasteiger partial charge < -0.3 is 9.05 Å². The molecule has 102 valence electrons. The molecule has 1 aliphatic rings. The van der Waals surface area contributed by atoms with E-state index in [1.165, 1.54) is 0 Å². The van der Waals surface area contributed by atoms with Crippen LogP contribution in [0, 0.1) is 0 Å². The summed E-state index contributed by atoms with van der Waals surface area (Å²) in [5.41, 5.74) is 0. The van der Waals surface area contributed by atoms with Crippen molar-refractivity contribution < 1.29 is 13.6 Å². The molecule has 1 heterocycles. The van der Waals surface area contributed by atoms with Gasteiger partial charge in [-0.3, -0.25) is 9.88 Å². The Balaban J connectivity index is 2.93. The Morgan fingerprint density at radius 1 is 1.24 bits per heavy atom. The summed E-state index contributed by atoms with van der Waals surface area (Å²) < 4.78 is 24.3. The van der Waals surface area contributed by atoms with Gasteiger partial charge in [-0.25, -0.2) is 0 Å². The van der Waals surface area contributed by atoms with Crippen LogP contribution in [-0.2, 0) is 13.6 Å². The largest absolute Gasteiger partial charge is 0.350 e. The van der Waals surface area contributed by atoms with Crippen LogP contribution in [0.5, 0.6) is 0 Å². The average molecular weight is 263 g/mol. The Hall–Kier alpha value is 0.110. The van der Waals surface area contributed by atoms with E-state index in [0.717, 1.165) is 12.8 Å². The molecule has 5 heteroatoms. The van der Waals surface area contributed by atoms with Crippen LogP contribution in [0.15, 0.2) is 0 Å². The molecule has 0 aromatic carbocycles. The highest BCUT2D eigenvalue weighted by molar-refractivity contribution is 7.55. The zero-order valence-corrected chi connectivity index (χ0v) is 12.7. The van der Waals surface area contributed by atoms with Crippen molar-refractivity contribution in [2.75, 3.05) is 0 Å². The molecular weight excluding hydrogens is 237 g/mol. The number of hydrogen-bond donors (Lipinski definition) is 1. The number of hydrogen-bond acceptors (Lipinski definition) is 4. The Labute approximate surface area is 105 Å². The average Bonchev–Trinajstić information content (AvgIpc) is 2.44. The minimum atomic E-state index is -3.14. The first-order valence-electron chi connectivity index (χ1n) is 6.43. The minimum Gasteiger partial charge on any atom is -0.305 e. The van der Waals surface area contributed by atoms with E-state index in [1.807, 2.05) is 34.6 Å². The second-order valence-electron chi connectivity index (χ2n) is 5.66. The molecule has 0 radical (unpaired) electrons. The van der Waals surface area contributed by atoms with Crippen molar-refractivity contribution in [1.29, 1.82) is 0 Å². The van der Waals surface area contributed by atoms with Crippen molar-refractivity contribution in [2.45, 2.75) is 77.9 Å². The van der Waals surface area contributed by atoms with Gasteiger partial charge in [-0.15, -0.1) is 0 Å². The Bertz CT molecular complexity index is 292. The molecule has 4 nitrogen and oxygen atoms in total. The number of nitrogens with one attached hydrogen (secondary N) is 1.